The fraction of sp³-hybridized carbons (Fsp3) is 0.533. The van der Waals surface area contributed by atoms with Gasteiger partial charge in [-0.25, -0.2) is 8.42 Å². The van der Waals surface area contributed by atoms with Crippen molar-refractivity contribution in [2.75, 3.05) is 32.6 Å². The van der Waals surface area contributed by atoms with Crippen molar-refractivity contribution in [2.24, 2.45) is 0 Å². The van der Waals surface area contributed by atoms with Gasteiger partial charge >= 0.3 is 0 Å². The zero-order valence-corrected chi connectivity index (χ0v) is 15.3. The van der Waals surface area contributed by atoms with Crippen LogP contribution in [0.2, 0.25) is 0 Å². The molecule has 0 aromatic heterocycles. The van der Waals surface area contributed by atoms with Crippen molar-refractivity contribution in [1.29, 1.82) is 0 Å². The van der Waals surface area contributed by atoms with Crippen LogP contribution in [0.1, 0.15) is 24.2 Å². The van der Waals surface area contributed by atoms with Crippen molar-refractivity contribution in [3.05, 3.63) is 29.8 Å². The minimum absolute atomic E-state index is 0. The number of methoxy groups -OCH3 is 1. The molecule has 1 amide bonds. The van der Waals surface area contributed by atoms with Crippen LogP contribution in [-0.2, 0) is 14.6 Å². The number of hydrogen-bond acceptors (Lipinski definition) is 5. The van der Waals surface area contributed by atoms with Gasteiger partial charge in [-0.2, -0.15) is 0 Å². The number of rotatable bonds is 9. The van der Waals surface area contributed by atoms with Crippen LogP contribution in [0.4, 0.5) is 0 Å². The van der Waals surface area contributed by atoms with E-state index >= 15 is 0 Å². The highest BCUT2D eigenvalue weighted by molar-refractivity contribution is 7.91. The molecule has 0 aliphatic rings. The lowest BCUT2D eigenvalue weighted by atomic mass is 10.2. The Morgan fingerprint density at radius 2 is 1.87 bits per heavy atom. The summed E-state index contributed by atoms with van der Waals surface area (Å²) in [5, 5.41) is 6.00. The monoisotopic (exact) mass is 364 g/mol. The smallest absolute Gasteiger partial charge is 0.251 e. The van der Waals surface area contributed by atoms with E-state index in [4.69, 9.17) is 4.74 Å². The highest BCUT2D eigenvalue weighted by atomic mass is 35.5. The van der Waals surface area contributed by atoms with Gasteiger partial charge in [0.2, 0.25) is 0 Å². The summed E-state index contributed by atoms with van der Waals surface area (Å²) in [6, 6.07) is 6.13. The Morgan fingerprint density at radius 1 is 1.26 bits per heavy atom. The van der Waals surface area contributed by atoms with Gasteiger partial charge in [0.25, 0.3) is 5.91 Å². The van der Waals surface area contributed by atoms with E-state index in [0.717, 1.165) is 6.54 Å². The molecule has 1 atom stereocenters. The van der Waals surface area contributed by atoms with Crippen LogP contribution in [0.5, 0.6) is 0 Å². The second-order valence-electron chi connectivity index (χ2n) is 5.00. The van der Waals surface area contributed by atoms with Gasteiger partial charge in [0.1, 0.15) is 0 Å². The van der Waals surface area contributed by atoms with Crippen LogP contribution >= 0.6 is 12.4 Å². The molecule has 0 spiro atoms. The first-order valence-electron chi connectivity index (χ1n) is 7.24. The maximum Gasteiger partial charge on any atom is 0.251 e. The van der Waals surface area contributed by atoms with Crippen molar-refractivity contribution in [1.82, 2.24) is 10.6 Å². The molecule has 0 heterocycles. The molecule has 23 heavy (non-hydrogen) atoms. The number of carbonyl (C=O) groups is 1. The summed E-state index contributed by atoms with van der Waals surface area (Å²) in [5.74, 6) is -0.291. The quantitative estimate of drug-likeness (QED) is 0.689. The zero-order valence-electron chi connectivity index (χ0n) is 13.7. The Hall–Kier alpha value is -1.15. The largest absolute Gasteiger partial charge is 0.384 e. The third-order valence-electron chi connectivity index (χ3n) is 3.15. The van der Waals surface area contributed by atoms with Gasteiger partial charge in [0.15, 0.2) is 9.84 Å². The molecule has 0 radical (unpaired) electrons. The second-order valence-corrected chi connectivity index (χ2v) is 7.11. The van der Waals surface area contributed by atoms with Crippen molar-refractivity contribution < 1.29 is 17.9 Å². The predicted octanol–water partition coefficient (Wildman–Crippen LogP) is 1.26. The molecule has 0 saturated carbocycles. The summed E-state index contributed by atoms with van der Waals surface area (Å²) in [6.07, 6.45) is 0. The van der Waals surface area contributed by atoms with Crippen LogP contribution in [0.15, 0.2) is 29.2 Å². The SMILES string of the molecule is CCN[C@H](C)CNC(=O)c1ccc(S(=O)(=O)CCOC)cc1.Cl. The molecule has 2 N–H and O–H groups in total. The van der Waals surface area contributed by atoms with Gasteiger partial charge in [-0.05, 0) is 37.7 Å². The lowest BCUT2D eigenvalue weighted by Crippen LogP contribution is -2.38. The van der Waals surface area contributed by atoms with Crippen molar-refractivity contribution in [2.45, 2.75) is 24.8 Å². The van der Waals surface area contributed by atoms with Gasteiger partial charge in [-0.3, -0.25) is 4.79 Å². The molecule has 0 fully saturated rings. The molecule has 6 nitrogen and oxygen atoms in total. The van der Waals surface area contributed by atoms with Gasteiger partial charge in [-0.15, -0.1) is 12.4 Å². The number of nitrogens with one attached hydrogen (secondary N) is 2. The normalized spacial score (nSPS) is 12.3. The standard InChI is InChI=1S/C15H24N2O4S.ClH/c1-4-16-12(2)11-17-15(18)13-5-7-14(8-6-13)22(19,20)10-9-21-3;/h5-8,12,16H,4,9-11H2,1-3H3,(H,17,18);1H/t12-;/m1./s1. The van der Waals surface area contributed by atoms with E-state index in [9.17, 15) is 13.2 Å². The summed E-state index contributed by atoms with van der Waals surface area (Å²) >= 11 is 0. The van der Waals surface area contributed by atoms with Gasteiger partial charge in [0.05, 0.1) is 17.3 Å². The van der Waals surface area contributed by atoms with Gasteiger partial charge < -0.3 is 15.4 Å². The number of carbonyl (C=O) groups excluding carboxylic acids is 1. The molecule has 1 aromatic rings. The van der Waals surface area contributed by atoms with Crippen LogP contribution < -0.4 is 10.6 Å². The molecule has 0 aliphatic heterocycles. The Labute approximate surface area is 144 Å². The van der Waals surface area contributed by atoms with Crippen molar-refractivity contribution in [3.8, 4) is 0 Å². The number of sulfone groups is 1. The number of ether oxygens (including phenoxy) is 1. The zero-order chi connectivity index (χ0) is 16.6. The summed E-state index contributed by atoms with van der Waals surface area (Å²) in [7, 11) is -1.91. The van der Waals surface area contributed by atoms with E-state index in [1.54, 1.807) is 0 Å². The molecule has 0 unspecified atom stereocenters. The summed E-state index contributed by atoms with van der Waals surface area (Å²) in [6.45, 7) is 5.48. The van der Waals surface area contributed by atoms with Crippen molar-refractivity contribution in [3.63, 3.8) is 0 Å². The molecule has 132 valence electrons. The first-order valence-corrected chi connectivity index (χ1v) is 8.89. The number of amides is 1. The number of halogens is 1. The topological polar surface area (TPSA) is 84.5 Å². The van der Waals surface area contributed by atoms with Crippen LogP contribution in [0.3, 0.4) is 0 Å². The minimum atomic E-state index is -3.36. The van der Waals surface area contributed by atoms with Crippen LogP contribution in [-0.4, -0.2) is 52.9 Å². The molecular weight excluding hydrogens is 340 g/mol. The molecule has 0 saturated heterocycles. The number of likely N-dealkylation sites (N-methyl/N-ethyl adjacent to an activating group) is 1. The molecule has 0 aliphatic carbocycles. The molecule has 1 aromatic carbocycles. The minimum Gasteiger partial charge on any atom is -0.384 e. The van der Waals surface area contributed by atoms with E-state index in [0.29, 0.717) is 12.1 Å². The lowest BCUT2D eigenvalue weighted by Gasteiger charge is -2.13. The maximum absolute atomic E-state index is 12.0. The predicted molar refractivity (Wildman–Crippen MR) is 93.1 cm³/mol. The van der Waals surface area contributed by atoms with E-state index < -0.39 is 9.84 Å². The number of hydrogen-bond donors (Lipinski definition) is 2. The molecule has 1 rings (SSSR count). The van der Waals surface area contributed by atoms with E-state index in [1.807, 2.05) is 13.8 Å². The third kappa shape index (κ3) is 7.30. The Bertz CT molecular complexity index is 576. The first kappa shape index (κ1) is 21.9. The average molecular weight is 365 g/mol. The highest BCUT2D eigenvalue weighted by Gasteiger charge is 2.15. The summed E-state index contributed by atoms with van der Waals surface area (Å²) in [4.78, 5) is 12.2. The fourth-order valence-corrected chi connectivity index (χ4v) is 3.07. The fourth-order valence-electron chi connectivity index (χ4n) is 1.89. The Balaban J connectivity index is 0.00000484. The summed E-state index contributed by atoms with van der Waals surface area (Å²) in [5.41, 5.74) is 0.439. The maximum atomic E-state index is 12.0. The molecule has 0 bridgehead atoms. The van der Waals surface area contributed by atoms with E-state index in [1.165, 1.54) is 31.4 Å². The molecular formula is C15H25ClN2O4S. The van der Waals surface area contributed by atoms with Crippen molar-refractivity contribution >= 4 is 28.2 Å². The van der Waals surface area contributed by atoms with Crippen LogP contribution in [0.25, 0.3) is 0 Å². The highest BCUT2D eigenvalue weighted by Crippen LogP contribution is 2.12. The average Bonchev–Trinajstić information content (AvgIpc) is 2.51. The van der Waals surface area contributed by atoms with E-state index in [-0.39, 0.29) is 41.6 Å². The van der Waals surface area contributed by atoms with Gasteiger partial charge in [0, 0.05) is 25.3 Å². The molecule has 8 heteroatoms. The second kappa shape index (κ2) is 10.6. The van der Waals surface area contributed by atoms with Gasteiger partial charge in [-0.1, -0.05) is 6.92 Å². The Kier molecular flexibility index (Phi) is 10.1. The Morgan fingerprint density at radius 3 is 2.39 bits per heavy atom. The lowest BCUT2D eigenvalue weighted by molar-refractivity contribution is 0.0950. The number of benzene rings is 1. The van der Waals surface area contributed by atoms with Crippen LogP contribution in [0, 0.1) is 0 Å². The first-order chi connectivity index (χ1) is 10.4. The third-order valence-corrected chi connectivity index (χ3v) is 4.85. The summed E-state index contributed by atoms with van der Waals surface area (Å²) < 4.78 is 28.7. The van der Waals surface area contributed by atoms with E-state index in [2.05, 4.69) is 10.6 Å².